The van der Waals surface area contributed by atoms with Gasteiger partial charge in [-0.25, -0.2) is 13.2 Å². The fourth-order valence-corrected chi connectivity index (χ4v) is 7.29. The molecule has 0 radical (unpaired) electrons. The first kappa shape index (κ1) is 21.9. The summed E-state index contributed by atoms with van der Waals surface area (Å²) in [5.74, 6) is -0.0612. The zero-order valence-electron chi connectivity index (χ0n) is 18.6. The van der Waals surface area contributed by atoms with E-state index in [1.807, 2.05) is 56.3 Å². The van der Waals surface area contributed by atoms with E-state index in [4.69, 9.17) is 0 Å². The molecule has 0 bridgehead atoms. The molecule has 3 atom stereocenters. The second kappa shape index (κ2) is 8.65. The average molecular weight is 441 g/mol. The number of likely N-dealkylation sites (N-methyl/N-ethyl adjacent to an activating group) is 1. The summed E-state index contributed by atoms with van der Waals surface area (Å²) in [6.45, 7) is 3.95. The van der Waals surface area contributed by atoms with E-state index >= 15 is 0 Å². The predicted molar refractivity (Wildman–Crippen MR) is 122 cm³/mol. The Balaban J connectivity index is 1.85. The van der Waals surface area contributed by atoms with Crippen LogP contribution in [0, 0.1) is 12.8 Å². The van der Waals surface area contributed by atoms with Crippen LogP contribution in [0.5, 0.6) is 0 Å². The summed E-state index contributed by atoms with van der Waals surface area (Å²) in [5.41, 5.74) is 1.99. The van der Waals surface area contributed by atoms with Gasteiger partial charge in [-0.3, -0.25) is 4.90 Å². The minimum Gasteiger partial charge on any atom is -0.323 e. The maximum absolute atomic E-state index is 14.1. The lowest BCUT2D eigenvalue weighted by atomic mass is 9.88. The molecule has 1 aliphatic carbocycles. The van der Waals surface area contributed by atoms with Crippen molar-refractivity contribution in [3.63, 3.8) is 0 Å². The van der Waals surface area contributed by atoms with Gasteiger partial charge in [-0.15, -0.1) is 0 Å². The second-order valence-corrected chi connectivity index (χ2v) is 11.1. The SMILES string of the molecule is Cc1ccc(S(=O)(=O)[C@@H](C2CCCCC2)N2C(=O)N(C)[C@@H](C)[C@H]2c2ccccc2)cc1. The predicted octanol–water partition coefficient (Wildman–Crippen LogP) is 5.17. The van der Waals surface area contributed by atoms with Gasteiger partial charge < -0.3 is 4.90 Å². The van der Waals surface area contributed by atoms with E-state index in [2.05, 4.69) is 0 Å². The van der Waals surface area contributed by atoms with E-state index in [0.717, 1.165) is 43.2 Å². The summed E-state index contributed by atoms with van der Waals surface area (Å²) in [6, 6.07) is 16.3. The number of hydrogen-bond donors (Lipinski definition) is 0. The highest BCUT2D eigenvalue weighted by molar-refractivity contribution is 7.92. The van der Waals surface area contributed by atoms with Crippen LogP contribution >= 0.6 is 0 Å². The Morgan fingerprint density at radius 2 is 1.55 bits per heavy atom. The molecule has 2 amide bonds. The molecular weight excluding hydrogens is 408 g/mol. The molecule has 0 aromatic heterocycles. The van der Waals surface area contributed by atoms with E-state index < -0.39 is 15.2 Å². The smallest absolute Gasteiger partial charge is 0.321 e. The van der Waals surface area contributed by atoms with E-state index in [1.165, 1.54) is 0 Å². The summed E-state index contributed by atoms with van der Waals surface area (Å²) in [5, 5.41) is -0.861. The number of benzene rings is 2. The van der Waals surface area contributed by atoms with Gasteiger partial charge in [0.25, 0.3) is 0 Å². The first-order valence-electron chi connectivity index (χ1n) is 11.2. The Labute approximate surface area is 186 Å². The maximum Gasteiger partial charge on any atom is 0.321 e. The highest BCUT2D eigenvalue weighted by Gasteiger charge is 2.52. The molecule has 31 heavy (non-hydrogen) atoms. The Morgan fingerprint density at radius 1 is 0.935 bits per heavy atom. The number of urea groups is 1. The molecule has 1 heterocycles. The van der Waals surface area contributed by atoms with Gasteiger partial charge >= 0.3 is 6.03 Å². The number of aryl methyl sites for hydroxylation is 1. The summed E-state index contributed by atoms with van der Waals surface area (Å²) in [7, 11) is -1.97. The zero-order valence-corrected chi connectivity index (χ0v) is 19.4. The van der Waals surface area contributed by atoms with Crippen LogP contribution in [0.25, 0.3) is 0 Å². The molecule has 5 nitrogen and oxygen atoms in total. The van der Waals surface area contributed by atoms with Crippen molar-refractivity contribution in [1.29, 1.82) is 0 Å². The molecular formula is C25H32N2O3S. The summed E-state index contributed by atoms with van der Waals surface area (Å²) >= 11 is 0. The minimum absolute atomic E-state index is 0.0612. The van der Waals surface area contributed by atoms with Crippen molar-refractivity contribution in [1.82, 2.24) is 9.80 Å². The molecule has 166 valence electrons. The monoisotopic (exact) mass is 440 g/mol. The van der Waals surface area contributed by atoms with Gasteiger partial charge in [0.2, 0.25) is 0 Å². The molecule has 0 N–H and O–H groups in total. The molecule has 1 saturated carbocycles. The van der Waals surface area contributed by atoms with Gasteiger partial charge in [0.1, 0.15) is 5.37 Å². The third-order valence-electron chi connectivity index (χ3n) is 7.03. The molecule has 2 aliphatic rings. The minimum atomic E-state index is -3.74. The van der Waals surface area contributed by atoms with E-state index in [0.29, 0.717) is 4.90 Å². The van der Waals surface area contributed by atoms with Gasteiger partial charge in [-0.1, -0.05) is 67.3 Å². The number of nitrogens with zero attached hydrogens (tertiary/aromatic N) is 2. The topological polar surface area (TPSA) is 57.7 Å². The normalized spacial score (nSPS) is 23.9. The highest BCUT2D eigenvalue weighted by Crippen LogP contribution is 2.43. The molecule has 0 spiro atoms. The molecule has 0 unspecified atom stereocenters. The fraction of sp³-hybridized carbons (Fsp3) is 0.480. The van der Waals surface area contributed by atoms with Crippen molar-refractivity contribution in [2.75, 3.05) is 7.05 Å². The van der Waals surface area contributed by atoms with Crippen molar-refractivity contribution in [3.05, 3.63) is 65.7 Å². The van der Waals surface area contributed by atoms with Crippen LogP contribution in [0.4, 0.5) is 4.79 Å². The van der Waals surface area contributed by atoms with Crippen LogP contribution in [0.2, 0.25) is 0 Å². The standard InChI is InChI=1S/C25H32N2O3S/c1-18-14-16-22(17-15-18)31(29,30)24(21-12-8-5-9-13-21)27-23(19(2)26(3)25(27)28)20-10-6-4-7-11-20/h4,6-7,10-11,14-17,19,21,23-24H,5,8-9,12-13H2,1-3H3/t19-,23-,24-/m0/s1. The summed E-state index contributed by atoms with van der Waals surface area (Å²) < 4.78 is 28.1. The molecule has 2 aromatic carbocycles. The Bertz CT molecular complexity index is 1010. The first-order valence-corrected chi connectivity index (χ1v) is 12.8. The van der Waals surface area contributed by atoms with Crippen molar-refractivity contribution >= 4 is 15.9 Å². The average Bonchev–Trinajstić information content (AvgIpc) is 2.99. The van der Waals surface area contributed by atoms with Gasteiger partial charge in [-0.2, -0.15) is 0 Å². The number of rotatable bonds is 5. The van der Waals surface area contributed by atoms with Crippen LogP contribution in [-0.2, 0) is 9.84 Å². The molecule has 1 saturated heterocycles. The number of carbonyl (C=O) groups is 1. The third kappa shape index (κ3) is 3.98. The lowest BCUT2D eigenvalue weighted by Gasteiger charge is -2.39. The van der Waals surface area contributed by atoms with Gasteiger partial charge in [0, 0.05) is 7.05 Å². The van der Waals surface area contributed by atoms with Gasteiger partial charge in [0.15, 0.2) is 9.84 Å². The Morgan fingerprint density at radius 3 is 2.16 bits per heavy atom. The van der Waals surface area contributed by atoms with Crippen molar-refractivity contribution in [2.45, 2.75) is 68.3 Å². The van der Waals surface area contributed by atoms with Crippen molar-refractivity contribution in [2.24, 2.45) is 5.92 Å². The second-order valence-electron chi connectivity index (χ2n) is 9.04. The largest absolute Gasteiger partial charge is 0.323 e. The lowest BCUT2D eigenvalue weighted by molar-refractivity contribution is 0.154. The third-order valence-corrected chi connectivity index (χ3v) is 9.20. The lowest BCUT2D eigenvalue weighted by Crippen LogP contribution is -2.49. The van der Waals surface area contributed by atoms with Crippen molar-refractivity contribution < 1.29 is 13.2 Å². The molecule has 2 fully saturated rings. The number of hydrogen-bond acceptors (Lipinski definition) is 3. The summed E-state index contributed by atoms with van der Waals surface area (Å²) in [4.78, 5) is 17.2. The highest BCUT2D eigenvalue weighted by atomic mass is 32.2. The number of sulfone groups is 1. The van der Waals surface area contributed by atoms with Crippen LogP contribution < -0.4 is 0 Å². The number of amides is 2. The molecule has 1 aliphatic heterocycles. The van der Waals surface area contributed by atoms with Crippen LogP contribution in [-0.4, -0.2) is 42.7 Å². The van der Waals surface area contributed by atoms with Crippen molar-refractivity contribution in [3.8, 4) is 0 Å². The Hall–Kier alpha value is -2.34. The van der Waals surface area contributed by atoms with Gasteiger partial charge in [-0.05, 0) is 50.3 Å². The molecule has 2 aromatic rings. The van der Waals surface area contributed by atoms with Gasteiger partial charge in [0.05, 0.1) is 17.0 Å². The number of carbonyl (C=O) groups excluding carboxylic acids is 1. The van der Waals surface area contributed by atoms with E-state index in [9.17, 15) is 13.2 Å². The van der Waals surface area contributed by atoms with E-state index in [1.54, 1.807) is 29.0 Å². The molecule has 4 rings (SSSR count). The summed E-state index contributed by atoms with van der Waals surface area (Å²) in [6.07, 6.45) is 4.81. The van der Waals surface area contributed by atoms with Crippen LogP contribution in [0.15, 0.2) is 59.5 Å². The van der Waals surface area contributed by atoms with Crippen LogP contribution in [0.1, 0.15) is 56.2 Å². The fourth-order valence-electron chi connectivity index (χ4n) is 5.19. The first-order chi connectivity index (χ1) is 14.8. The van der Waals surface area contributed by atoms with E-state index in [-0.39, 0.29) is 24.0 Å². The quantitative estimate of drug-likeness (QED) is 0.644. The maximum atomic E-state index is 14.1. The van der Waals surface area contributed by atoms with Crippen LogP contribution in [0.3, 0.4) is 0 Å². The molecule has 6 heteroatoms. The Kier molecular flexibility index (Phi) is 6.11. The zero-order chi connectivity index (χ0) is 22.2.